The van der Waals surface area contributed by atoms with Crippen molar-refractivity contribution in [1.29, 1.82) is 0 Å². The average Bonchev–Trinajstić information content (AvgIpc) is 3.37. The van der Waals surface area contributed by atoms with E-state index < -0.39 is 39.4 Å². The summed E-state index contributed by atoms with van der Waals surface area (Å²) < 4.78 is 28.0. The van der Waals surface area contributed by atoms with Crippen LogP contribution in [0.4, 0.5) is 0 Å². The van der Waals surface area contributed by atoms with Crippen molar-refractivity contribution < 1.29 is 27.9 Å². The lowest BCUT2D eigenvalue weighted by molar-refractivity contribution is -0.142. The van der Waals surface area contributed by atoms with Crippen LogP contribution in [0.2, 0.25) is 0 Å². The van der Waals surface area contributed by atoms with Crippen molar-refractivity contribution in [2.24, 2.45) is 10.7 Å². The maximum atomic E-state index is 13.4. The monoisotopic (exact) mass is 588 g/mol. The Morgan fingerprint density at radius 2 is 1.77 bits per heavy atom. The van der Waals surface area contributed by atoms with E-state index in [9.17, 15) is 27.9 Å². The molecule has 1 aliphatic rings. The van der Waals surface area contributed by atoms with Crippen LogP contribution >= 0.6 is 11.8 Å². The summed E-state index contributed by atoms with van der Waals surface area (Å²) in [5.41, 5.74) is 6.96. The van der Waals surface area contributed by atoms with E-state index in [2.05, 4.69) is 10.3 Å². The number of nitrogens with zero attached hydrogens (tertiary/aromatic N) is 2. The average molecular weight is 589 g/mol. The van der Waals surface area contributed by atoms with E-state index in [1.165, 1.54) is 28.2 Å². The van der Waals surface area contributed by atoms with Crippen molar-refractivity contribution >= 4 is 45.3 Å². The lowest BCUT2D eigenvalue weighted by atomic mass is 10.0. The standard InChI is InChI=1S/C28H36N4O6S2/c1-3-26-32(40(37,38)23-9-5-4-6-10-23)25(18-39-26)27(34)31-24(28(35)36)17-21-13-11-20(12-14-21)16-22(33)8-7-15-30-19(2)29/h4-6,9-14,24-26H,3,7-8,15-18H2,1-2H3,(H2,29,30)(H,31,34)(H,35,36)/t24-,25-,26?/m0/s1. The third kappa shape index (κ3) is 8.39. The predicted molar refractivity (Wildman–Crippen MR) is 156 cm³/mol. The highest BCUT2D eigenvalue weighted by Gasteiger charge is 2.46. The zero-order valence-electron chi connectivity index (χ0n) is 22.7. The van der Waals surface area contributed by atoms with Crippen LogP contribution in [-0.4, -0.2) is 71.1 Å². The van der Waals surface area contributed by atoms with Gasteiger partial charge in [0.2, 0.25) is 15.9 Å². The molecule has 216 valence electrons. The zero-order chi connectivity index (χ0) is 29.3. The van der Waals surface area contributed by atoms with Crippen molar-refractivity contribution in [2.45, 2.75) is 68.3 Å². The van der Waals surface area contributed by atoms with Crippen LogP contribution in [0.3, 0.4) is 0 Å². The molecule has 0 saturated carbocycles. The third-order valence-corrected chi connectivity index (χ3v) is 9.98. The van der Waals surface area contributed by atoms with Gasteiger partial charge in [-0.3, -0.25) is 14.6 Å². The number of thioether (sulfide) groups is 1. The van der Waals surface area contributed by atoms with Crippen molar-refractivity contribution in [3.8, 4) is 0 Å². The number of carboxylic acids is 1. The number of rotatable bonds is 14. The van der Waals surface area contributed by atoms with Gasteiger partial charge < -0.3 is 16.2 Å². The molecule has 10 nitrogen and oxygen atoms in total. The number of carboxylic acid groups (broad SMARTS) is 1. The van der Waals surface area contributed by atoms with Crippen LogP contribution in [0.5, 0.6) is 0 Å². The van der Waals surface area contributed by atoms with Gasteiger partial charge in [-0.1, -0.05) is 49.4 Å². The van der Waals surface area contributed by atoms with Gasteiger partial charge >= 0.3 is 5.97 Å². The molecule has 1 saturated heterocycles. The molecular weight excluding hydrogens is 552 g/mol. The van der Waals surface area contributed by atoms with Gasteiger partial charge in [0.05, 0.1) is 16.1 Å². The number of aliphatic imine (C=N–C) groups is 1. The molecule has 4 N–H and O–H groups in total. The van der Waals surface area contributed by atoms with Crippen LogP contribution in [0.15, 0.2) is 64.5 Å². The summed E-state index contributed by atoms with van der Waals surface area (Å²) >= 11 is 1.36. The number of amides is 1. The zero-order valence-corrected chi connectivity index (χ0v) is 24.3. The molecule has 0 bridgehead atoms. The number of Topliss-reactive ketones (excluding diaryl/α,β-unsaturated/α-hetero) is 1. The quantitative estimate of drug-likeness (QED) is 0.173. The number of ketones is 1. The fourth-order valence-corrected chi connectivity index (χ4v) is 7.99. The van der Waals surface area contributed by atoms with Gasteiger partial charge in [0.1, 0.15) is 17.9 Å². The van der Waals surface area contributed by atoms with Crippen molar-refractivity contribution in [1.82, 2.24) is 9.62 Å². The number of carbonyl (C=O) groups excluding carboxylic acids is 2. The smallest absolute Gasteiger partial charge is 0.326 e. The van der Waals surface area contributed by atoms with E-state index >= 15 is 0 Å². The number of nitrogens with two attached hydrogens (primary N) is 1. The molecule has 1 amide bonds. The molecule has 12 heteroatoms. The van der Waals surface area contributed by atoms with Gasteiger partial charge in [0.25, 0.3) is 0 Å². The second-order valence-corrected chi connectivity index (χ2v) is 12.7. The highest BCUT2D eigenvalue weighted by atomic mass is 32.2. The molecule has 1 unspecified atom stereocenters. The summed E-state index contributed by atoms with van der Waals surface area (Å²) in [5, 5.41) is 11.9. The minimum atomic E-state index is -3.97. The Bertz CT molecular complexity index is 1310. The summed E-state index contributed by atoms with van der Waals surface area (Å²) in [6, 6.07) is 12.6. The first kappa shape index (κ1) is 31.3. The molecule has 1 heterocycles. The molecule has 3 rings (SSSR count). The summed E-state index contributed by atoms with van der Waals surface area (Å²) in [4.78, 5) is 41.7. The predicted octanol–water partition coefficient (Wildman–Crippen LogP) is 2.61. The molecule has 0 radical (unpaired) electrons. The lowest BCUT2D eigenvalue weighted by Crippen LogP contribution is -2.53. The van der Waals surface area contributed by atoms with Crippen LogP contribution < -0.4 is 11.1 Å². The van der Waals surface area contributed by atoms with E-state index in [0.717, 1.165) is 5.56 Å². The normalized spacial score (nSPS) is 18.8. The van der Waals surface area contributed by atoms with Gasteiger partial charge in [-0.25, -0.2) is 13.2 Å². The number of carbonyl (C=O) groups is 3. The number of amidine groups is 1. The first-order chi connectivity index (χ1) is 19.0. The van der Waals surface area contributed by atoms with E-state index in [1.807, 2.05) is 6.92 Å². The maximum absolute atomic E-state index is 13.4. The Labute approximate surface area is 239 Å². The summed E-state index contributed by atoms with van der Waals surface area (Å²) in [6.07, 6.45) is 1.77. The Kier molecular flexibility index (Phi) is 11.3. The van der Waals surface area contributed by atoms with Gasteiger partial charge in [0, 0.05) is 31.6 Å². The van der Waals surface area contributed by atoms with E-state index in [-0.39, 0.29) is 29.3 Å². The minimum absolute atomic E-state index is 0.00818. The molecule has 2 aromatic rings. The number of hydrogen-bond acceptors (Lipinski definition) is 7. The molecule has 0 aliphatic carbocycles. The van der Waals surface area contributed by atoms with Gasteiger partial charge in [-0.15, -0.1) is 11.8 Å². The summed E-state index contributed by atoms with van der Waals surface area (Å²) in [5.74, 6) is -1.09. The second-order valence-electron chi connectivity index (χ2n) is 9.62. The van der Waals surface area contributed by atoms with E-state index in [4.69, 9.17) is 5.73 Å². The molecule has 0 aromatic heterocycles. The number of sulfonamides is 1. The van der Waals surface area contributed by atoms with Crippen molar-refractivity contribution in [3.05, 3.63) is 65.7 Å². The largest absolute Gasteiger partial charge is 0.480 e. The van der Waals surface area contributed by atoms with E-state index in [0.29, 0.717) is 37.2 Å². The Hall–Kier alpha value is -3.22. The Morgan fingerprint density at radius 1 is 1.12 bits per heavy atom. The number of aliphatic carboxylic acids is 1. The first-order valence-electron chi connectivity index (χ1n) is 13.1. The number of hydrogen-bond donors (Lipinski definition) is 3. The molecule has 40 heavy (non-hydrogen) atoms. The van der Waals surface area contributed by atoms with Crippen molar-refractivity contribution in [2.75, 3.05) is 12.3 Å². The topological polar surface area (TPSA) is 159 Å². The molecule has 0 spiro atoms. The third-order valence-electron chi connectivity index (χ3n) is 6.46. The number of benzene rings is 2. The Morgan fingerprint density at radius 3 is 2.38 bits per heavy atom. The first-order valence-corrected chi connectivity index (χ1v) is 15.6. The molecule has 2 aromatic carbocycles. The summed E-state index contributed by atoms with van der Waals surface area (Å²) in [6.45, 7) is 4.05. The fourth-order valence-electron chi connectivity index (χ4n) is 4.42. The number of nitrogens with one attached hydrogen (secondary N) is 1. The molecular formula is C28H36N4O6S2. The van der Waals surface area contributed by atoms with Crippen LogP contribution in [0.25, 0.3) is 0 Å². The van der Waals surface area contributed by atoms with Crippen LogP contribution in [-0.2, 0) is 37.2 Å². The second kappa shape index (κ2) is 14.4. The molecule has 3 atom stereocenters. The highest BCUT2D eigenvalue weighted by molar-refractivity contribution is 8.01. The van der Waals surface area contributed by atoms with Crippen LogP contribution in [0, 0.1) is 0 Å². The highest BCUT2D eigenvalue weighted by Crippen LogP contribution is 2.36. The minimum Gasteiger partial charge on any atom is -0.480 e. The van der Waals surface area contributed by atoms with Crippen LogP contribution in [0.1, 0.15) is 44.2 Å². The van der Waals surface area contributed by atoms with Crippen molar-refractivity contribution in [3.63, 3.8) is 0 Å². The molecule has 1 fully saturated rings. The fraction of sp³-hybridized carbons (Fsp3) is 0.429. The summed E-state index contributed by atoms with van der Waals surface area (Å²) in [7, 11) is -3.97. The maximum Gasteiger partial charge on any atom is 0.326 e. The molecule has 1 aliphatic heterocycles. The SMILES string of the molecule is CCC1SC[C@@H](C(=O)N[C@@H](Cc2ccc(CC(=O)CCCN=C(C)N)cc2)C(=O)O)N1S(=O)(=O)c1ccccc1. The van der Waals surface area contributed by atoms with Gasteiger partial charge in [0.15, 0.2) is 0 Å². The Balaban J connectivity index is 1.65. The lowest BCUT2D eigenvalue weighted by Gasteiger charge is -2.28. The van der Waals surface area contributed by atoms with E-state index in [1.54, 1.807) is 49.4 Å². The van der Waals surface area contributed by atoms with Gasteiger partial charge in [-0.2, -0.15) is 4.31 Å². The van der Waals surface area contributed by atoms with Gasteiger partial charge in [-0.05, 0) is 43.0 Å².